The quantitative estimate of drug-likeness (QED) is 0.729. The van der Waals surface area contributed by atoms with Crippen molar-refractivity contribution >= 4 is 5.78 Å². The molecule has 2 unspecified atom stereocenters. The molecule has 0 saturated heterocycles. The molecule has 0 radical (unpaired) electrons. The Morgan fingerprint density at radius 1 is 1.29 bits per heavy atom. The summed E-state index contributed by atoms with van der Waals surface area (Å²) in [7, 11) is 0. The van der Waals surface area contributed by atoms with Gasteiger partial charge in [0.2, 0.25) is 0 Å². The summed E-state index contributed by atoms with van der Waals surface area (Å²) in [4.78, 5) is 12.5. The molecule has 2 rings (SSSR count). The van der Waals surface area contributed by atoms with Gasteiger partial charge in [0.25, 0.3) is 0 Å². The summed E-state index contributed by atoms with van der Waals surface area (Å²) in [6.45, 7) is 4.93. The predicted molar refractivity (Wildman–Crippen MR) is 69.0 cm³/mol. The van der Waals surface area contributed by atoms with Gasteiger partial charge in [0, 0.05) is 13.0 Å². The van der Waals surface area contributed by atoms with Gasteiger partial charge in [-0.3, -0.25) is 4.79 Å². The third-order valence-corrected chi connectivity index (χ3v) is 4.58. The lowest BCUT2D eigenvalue weighted by Gasteiger charge is -2.40. The zero-order valence-corrected chi connectivity index (χ0v) is 11.3. The number of Topliss-reactive ketones (excluding diaryl/α,β-unsaturated/α-hetero) is 1. The first-order chi connectivity index (χ1) is 8.16. The summed E-state index contributed by atoms with van der Waals surface area (Å²) >= 11 is 0. The van der Waals surface area contributed by atoms with E-state index in [-0.39, 0.29) is 0 Å². The van der Waals surface area contributed by atoms with E-state index in [0.717, 1.165) is 25.7 Å². The van der Waals surface area contributed by atoms with Crippen LogP contribution in [0, 0.1) is 11.8 Å². The van der Waals surface area contributed by atoms with Crippen molar-refractivity contribution in [2.45, 2.75) is 70.8 Å². The minimum Gasteiger partial charge on any atom is -0.367 e. The van der Waals surface area contributed by atoms with Crippen molar-refractivity contribution in [3.8, 4) is 0 Å². The fourth-order valence-corrected chi connectivity index (χ4v) is 3.39. The second kappa shape index (κ2) is 5.51. The highest BCUT2D eigenvalue weighted by Gasteiger charge is 2.43. The van der Waals surface area contributed by atoms with Gasteiger partial charge in [0.05, 0.1) is 0 Å². The topological polar surface area (TPSA) is 26.3 Å². The van der Waals surface area contributed by atoms with Crippen molar-refractivity contribution in [2.24, 2.45) is 11.8 Å². The molecule has 0 aromatic heterocycles. The summed E-state index contributed by atoms with van der Waals surface area (Å²) in [6.07, 6.45) is 8.90. The second-order valence-electron chi connectivity index (χ2n) is 6.05. The molecule has 0 N–H and O–H groups in total. The number of ether oxygens (including phenoxy) is 1. The van der Waals surface area contributed by atoms with Gasteiger partial charge in [0.15, 0.2) is 5.78 Å². The van der Waals surface area contributed by atoms with Crippen LogP contribution < -0.4 is 0 Å². The lowest BCUT2D eigenvalue weighted by Crippen LogP contribution is -2.46. The van der Waals surface area contributed by atoms with Crippen LogP contribution in [0.2, 0.25) is 0 Å². The molecule has 0 bridgehead atoms. The van der Waals surface area contributed by atoms with Crippen molar-refractivity contribution in [1.82, 2.24) is 0 Å². The minimum atomic E-state index is -0.415. The number of rotatable bonds is 5. The predicted octanol–water partition coefficient (Wildman–Crippen LogP) is 3.73. The normalized spacial score (nSPS) is 34.4. The first-order valence-electron chi connectivity index (χ1n) is 7.33. The van der Waals surface area contributed by atoms with Crippen LogP contribution in [0.25, 0.3) is 0 Å². The number of carbonyl (C=O) groups is 1. The second-order valence-corrected chi connectivity index (χ2v) is 6.05. The Hall–Kier alpha value is -0.370. The maximum atomic E-state index is 12.5. The van der Waals surface area contributed by atoms with Gasteiger partial charge < -0.3 is 4.74 Å². The van der Waals surface area contributed by atoms with Gasteiger partial charge in [-0.25, -0.2) is 0 Å². The molecule has 98 valence electrons. The molecule has 2 saturated carbocycles. The van der Waals surface area contributed by atoms with Crippen LogP contribution in [-0.2, 0) is 9.53 Å². The Morgan fingerprint density at radius 2 is 2.06 bits per heavy atom. The van der Waals surface area contributed by atoms with Crippen molar-refractivity contribution in [3.63, 3.8) is 0 Å². The Bertz CT molecular complexity index is 266. The molecule has 2 atom stereocenters. The van der Waals surface area contributed by atoms with Gasteiger partial charge in [0.1, 0.15) is 5.60 Å². The van der Waals surface area contributed by atoms with E-state index in [2.05, 4.69) is 6.92 Å². The summed E-state index contributed by atoms with van der Waals surface area (Å²) in [5.74, 6) is 1.70. The van der Waals surface area contributed by atoms with Crippen molar-refractivity contribution in [2.75, 3.05) is 6.61 Å². The Balaban J connectivity index is 2.00. The van der Waals surface area contributed by atoms with Crippen LogP contribution in [0.15, 0.2) is 0 Å². The van der Waals surface area contributed by atoms with E-state index in [1.165, 1.54) is 25.7 Å². The number of carbonyl (C=O) groups excluding carboxylic acids is 1. The first kappa shape index (κ1) is 13.1. The molecule has 2 heteroatoms. The van der Waals surface area contributed by atoms with Gasteiger partial charge in [-0.15, -0.1) is 0 Å². The number of hydrogen-bond acceptors (Lipinski definition) is 2. The van der Waals surface area contributed by atoms with Crippen LogP contribution in [0.1, 0.15) is 65.2 Å². The molecule has 17 heavy (non-hydrogen) atoms. The van der Waals surface area contributed by atoms with Crippen LogP contribution in [-0.4, -0.2) is 18.0 Å². The van der Waals surface area contributed by atoms with Gasteiger partial charge in [-0.05, 0) is 38.0 Å². The summed E-state index contributed by atoms with van der Waals surface area (Å²) < 4.78 is 5.92. The summed E-state index contributed by atoms with van der Waals surface area (Å²) in [5, 5.41) is 0. The molecule has 0 amide bonds. The van der Waals surface area contributed by atoms with Crippen LogP contribution in [0.5, 0.6) is 0 Å². The minimum absolute atomic E-state index is 0.399. The van der Waals surface area contributed by atoms with Crippen LogP contribution in [0.3, 0.4) is 0 Å². The van der Waals surface area contributed by atoms with Crippen molar-refractivity contribution < 1.29 is 9.53 Å². The van der Waals surface area contributed by atoms with Gasteiger partial charge in [-0.2, -0.15) is 0 Å². The number of hydrogen-bond donors (Lipinski definition) is 0. The highest BCUT2D eigenvalue weighted by molar-refractivity contribution is 5.87. The van der Waals surface area contributed by atoms with E-state index in [9.17, 15) is 4.79 Å². The molecule has 0 aromatic rings. The van der Waals surface area contributed by atoms with E-state index >= 15 is 0 Å². The molecule has 0 aromatic carbocycles. The maximum absolute atomic E-state index is 12.5. The molecule has 2 nitrogen and oxygen atoms in total. The average Bonchev–Trinajstić information content (AvgIpc) is 2.23. The lowest BCUT2D eigenvalue weighted by molar-refractivity contribution is -0.152. The Morgan fingerprint density at radius 3 is 2.59 bits per heavy atom. The average molecular weight is 238 g/mol. The smallest absolute Gasteiger partial charge is 0.164 e. The third-order valence-electron chi connectivity index (χ3n) is 4.58. The fraction of sp³-hybridized carbons (Fsp3) is 0.933. The van der Waals surface area contributed by atoms with E-state index in [1.807, 2.05) is 6.92 Å². The summed E-state index contributed by atoms with van der Waals surface area (Å²) in [6, 6.07) is 0. The molecule has 0 aliphatic heterocycles. The first-order valence-corrected chi connectivity index (χ1v) is 7.33. The van der Waals surface area contributed by atoms with E-state index < -0.39 is 5.60 Å². The van der Waals surface area contributed by atoms with Gasteiger partial charge in [-0.1, -0.05) is 32.6 Å². The maximum Gasteiger partial charge on any atom is 0.164 e. The van der Waals surface area contributed by atoms with Crippen molar-refractivity contribution in [3.05, 3.63) is 0 Å². The zero-order valence-electron chi connectivity index (χ0n) is 11.3. The SMILES string of the molecule is CCOC1(C(=O)CC2CCC2)CCCC(C)C1. The lowest BCUT2D eigenvalue weighted by atomic mass is 9.72. The molecular formula is C15H26O2. The highest BCUT2D eigenvalue weighted by Crippen LogP contribution is 2.39. The molecule has 0 spiro atoms. The van der Waals surface area contributed by atoms with E-state index in [1.54, 1.807) is 0 Å². The summed E-state index contributed by atoms with van der Waals surface area (Å²) in [5.41, 5.74) is -0.415. The molecule has 2 aliphatic rings. The number of ketones is 1. The molecule has 2 fully saturated rings. The monoisotopic (exact) mass is 238 g/mol. The highest BCUT2D eigenvalue weighted by atomic mass is 16.5. The molecule has 2 aliphatic carbocycles. The molecule has 0 heterocycles. The largest absolute Gasteiger partial charge is 0.367 e. The fourth-order valence-electron chi connectivity index (χ4n) is 3.39. The van der Waals surface area contributed by atoms with Crippen LogP contribution in [0.4, 0.5) is 0 Å². The Kier molecular flexibility index (Phi) is 4.24. The van der Waals surface area contributed by atoms with Crippen LogP contribution >= 0.6 is 0 Å². The van der Waals surface area contributed by atoms with E-state index in [4.69, 9.17) is 4.74 Å². The van der Waals surface area contributed by atoms with Gasteiger partial charge >= 0.3 is 0 Å². The zero-order chi connectivity index (χ0) is 12.3. The molecular weight excluding hydrogens is 212 g/mol. The third kappa shape index (κ3) is 2.90. The standard InChI is InChI=1S/C15H26O2/c1-3-17-15(9-5-6-12(2)11-15)14(16)10-13-7-4-8-13/h12-13H,3-11H2,1-2H3. The van der Waals surface area contributed by atoms with Crippen molar-refractivity contribution in [1.29, 1.82) is 0 Å². The van der Waals surface area contributed by atoms with E-state index in [0.29, 0.717) is 24.2 Å². The Labute approximate surface area is 105 Å².